The number of benzene rings is 1. The van der Waals surface area contributed by atoms with Crippen LogP contribution >= 0.6 is 22.6 Å². The lowest BCUT2D eigenvalue weighted by Crippen LogP contribution is -2.40. The van der Waals surface area contributed by atoms with Gasteiger partial charge in [-0.25, -0.2) is 8.42 Å². The topological polar surface area (TPSA) is 58.2 Å². The molecule has 1 aromatic rings. The standard InChI is InChI=1S/C12H17IN2O2S/c13-10-4-3-6-11(8-10)15-18(16,17)9-12-5-1-2-7-14-12/h3-4,6,8,12,14-15H,1-2,5,7,9H2. The van der Waals surface area contributed by atoms with Crippen molar-refractivity contribution in [3.63, 3.8) is 0 Å². The van der Waals surface area contributed by atoms with Crippen molar-refractivity contribution in [2.75, 3.05) is 17.0 Å². The number of nitrogens with one attached hydrogen (secondary N) is 2. The molecule has 18 heavy (non-hydrogen) atoms. The molecule has 0 aliphatic carbocycles. The highest BCUT2D eigenvalue weighted by atomic mass is 127. The second-order valence-corrected chi connectivity index (χ2v) is 7.55. The summed E-state index contributed by atoms with van der Waals surface area (Å²) in [5, 5.41) is 3.25. The summed E-state index contributed by atoms with van der Waals surface area (Å²) >= 11 is 2.17. The summed E-state index contributed by atoms with van der Waals surface area (Å²) in [5.41, 5.74) is 0.637. The maximum Gasteiger partial charge on any atom is 0.234 e. The van der Waals surface area contributed by atoms with E-state index < -0.39 is 10.0 Å². The first-order valence-corrected chi connectivity index (χ1v) is 8.78. The molecule has 6 heteroatoms. The zero-order valence-corrected chi connectivity index (χ0v) is 13.0. The molecule has 0 amide bonds. The van der Waals surface area contributed by atoms with E-state index in [1.165, 1.54) is 0 Å². The number of halogens is 1. The van der Waals surface area contributed by atoms with E-state index in [0.717, 1.165) is 29.4 Å². The Hall–Kier alpha value is -0.340. The molecule has 1 aliphatic rings. The Bertz CT molecular complexity index is 499. The second-order valence-electron chi connectivity index (χ2n) is 4.54. The van der Waals surface area contributed by atoms with Crippen LogP contribution in [0.15, 0.2) is 24.3 Å². The van der Waals surface area contributed by atoms with E-state index in [1.54, 1.807) is 6.07 Å². The molecule has 100 valence electrons. The Kier molecular flexibility index (Phi) is 4.85. The number of hydrogen-bond acceptors (Lipinski definition) is 3. The van der Waals surface area contributed by atoms with Crippen molar-refractivity contribution in [2.24, 2.45) is 0 Å². The molecule has 0 radical (unpaired) electrons. The van der Waals surface area contributed by atoms with Gasteiger partial charge in [-0.1, -0.05) is 12.5 Å². The van der Waals surface area contributed by atoms with Gasteiger partial charge in [0.25, 0.3) is 0 Å². The zero-order valence-electron chi connectivity index (χ0n) is 10.0. The van der Waals surface area contributed by atoms with Crippen LogP contribution in [-0.2, 0) is 10.0 Å². The minimum Gasteiger partial charge on any atom is -0.313 e. The highest BCUT2D eigenvalue weighted by molar-refractivity contribution is 14.1. The molecule has 4 nitrogen and oxygen atoms in total. The molecule has 1 saturated heterocycles. The molecule has 2 N–H and O–H groups in total. The van der Waals surface area contributed by atoms with Gasteiger partial charge in [-0.05, 0) is 60.2 Å². The maximum atomic E-state index is 12.0. The fourth-order valence-electron chi connectivity index (χ4n) is 2.10. The normalized spacial score (nSPS) is 20.6. The lowest BCUT2D eigenvalue weighted by atomic mass is 10.1. The molecule has 1 aromatic carbocycles. The van der Waals surface area contributed by atoms with Crippen molar-refractivity contribution < 1.29 is 8.42 Å². The number of rotatable bonds is 4. The van der Waals surface area contributed by atoms with Crippen LogP contribution in [0.5, 0.6) is 0 Å². The summed E-state index contributed by atoms with van der Waals surface area (Å²) in [6, 6.07) is 7.46. The fraction of sp³-hybridized carbons (Fsp3) is 0.500. The minimum atomic E-state index is -3.27. The Balaban J connectivity index is 1.98. The smallest absolute Gasteiger partial charge is 0.234 e. The van der Waals surface area contributed by atoms with Crippen LogP contribution in [0.2, 0.25) is 0 Å². The van der Waals surface area contributed by atoms with Crippen LogP contribution < -0.4 is 10.0 Å². The molecule has 0 bridgehead atoms. The third-order valence-electron chi connectivity index (χ3n) is 2.93. The average molecular weight is 380 g/mol. The molecule has 1 atom stereocenters. The zero-order chi connectivity index (χ0) is 13.0. The molecule has 1 unspecified atom stereocenters. The first-order chi connectivity index (χ1) is 8.55. The van der Waals surface area contributed by atoms with Gasteiger partial charge < -0.3 is 5.32 Å². The molecule has 0 aromatic heterocycles. The monoisotopic (exact) mass is 380 g/mol. The van der Waals surface area contributed by atoms with Gasteiger partial charge in [-0.15, -0.1) is 0 Å². The Labute approximate surface area is 122 Å². The Morgan fingerprint density at radius 1 is 1.39 bits per heavy atom. The van der Waals surface area contributed by atoms with Gasteiger partial charge in [-0.3, -0.25) is 4.72 Å². The Morgan fingerprint density at radius 3 is 2.89 bits per heavy atom. The number of piperidine rings is 1. The summed E-state index contributed by atoms with van der Waals surface area (Å²) in [4.78, 5) is 0. The second kappa shape index (κ2) is 6.21. The van der Waals surface area contributed by atoms with Crippen molar-refractivity contribution in [1.29, 1.82) is 0 Å². The van der Waals surface area contributed by atoms with Crippen LogP contribution in [0.3, 0.4) is 0 Å². The SMILES string of the molecule is O=S(=O)(CC1CCCCN1)Nc1cccc(I)c1. The maximum absolute atomic E-state index is 12.0. The third kappa shape index (κ3) is 4.40. The highest BCUT2D eigenvalue weighted by Crippen LogP contribution is 2.15. The van der Waals surface area contributed by atoms with Crippen molar-refractivity contribution >= 4 is 38.3 Å². The molecule has 1 aliphatic heterocycles. The fourth-order valence-corrected chi connectivity index (χ4v) is 4.03. The van der Waals surface area contributed by atoms with E-state index in [9.17, 15) is 8.42 Å². The number of hydrogen-bond donors (Lipinski definition) is 2. The molecular weight excluding hydrogens is 363 g/mol. The van der Waals surface area contributed by atoms with Gasteiger partial charge in [0, 0.05) is 15.3 Å². The number of anilines is 1. The summed E-state index contributed by atoms with van der Waals surface area (Å²) in [6.07, 6.45) is 3.19. The van der Waals surface area contributed by atoms with Crippen molar-refractivity contribution in [1.82, 2.24) is 5.32 Å². The Morgan fingerprint density at radius 2 is 2.22 bits per heavy atom. The molecule has 2 rings (SSSR count). The van der Waals surface area contributed by atoms with Gasteiger partial charge >= 0.3 is 0 Å². The first kappa shape index (κ1) is 14.1. The van der Waals surface area contributed by atoms with Crippen LogP contribution in [0.1, 0.15) is 19.3 Å². The predicted octanol–water partition coefficient (Wildman–Crippen LogP) is 2.17. The lowest BCUT2D eigenvalue weighted by Gasteiger charge is -2.23. The molecule has 0 spiro atoms. The third-order valence-corrected chi connectivity index (χ3v) is 4.99. The molecule has 1 fully saturated rings. The van der Waals surface area contributed by atoms with Crippen LogP contribution in [0.4, 0.5) is 5.69 Å². The van der Waals surface area contributed by atoms with Crippen molar-refractivity contribution in [3.8, 4) is 0 Å². The van der Waals surface area contributed by atoms with Gasteiger partial charge in [0.05, 0.1) is 5.75 Å². The van der Waals surface area contributed by atoms with Crippen LogP contribution in [0, 0.1) is 3.57 Å². The molecule has 1 heterocycles. The van der Waals surface area contributed by atoms with Gasteiger partial charge in [-0.2, -0.15) is 0 Å². The minimum absolute atomic E-state index is 0.0824. The van der Waals surface area contributed by atoms with Gasteiger partial charge in [0.1, 0.15) is 0 Å². The average Bonchev–Trinajstić information content (AvgIpc) is 2.28. The van der Waals surface area contributed by atoms with Gasteiger partial charge in [0.2, 0.25) is 10.0 Å². The van der Waals surface area contributed by atoms with E-state index in [4.69, 9.17) is 0 Å². The number of sulfonamides is 1. The van der Waals surface area contributed by atoms with Crippen molar-refractivity contribution in [3.05, 3.63) is 27.8 Å². The molecule has 0 saturated carbocycles. The molecular formula is C12H17IN2O2S. The van der Waals surface area contributed by atoms with Gasteiger partial charge in [0.15, 0.2) is 0 Å². The van der Waals surface area contributed by atoms with E-state index in [2.05, 4.69) is 32.6 Å². The van der Waals surface area contributed by atoms with E-state index in [0.29, 0.717) is 5.69 Å². The quantitative estimate of drug-likeness (QED) is 0.788. The summed E-state index contributed by atoms with van der Waals surface area (Å²) in [6.45, 7) is 0.920. The first-order valence-electron chi connectivity index (χ1n) is 6.05. The van der Waals surface area contributed by atoms with E-state index >= 15 is 0 Å². The van der Waals surface area contributed by atoms with E-state index in [-0.39, 0.29) is 11.8 Å². The largest absolute Gasteiger partial charge is 0.313 e. The summed E-state index contributed by atoms with van der Waals surface area (Å²) in [7, 11) is -3.27. The predicted molar refractivity (Wildman–Crippen MR) is 82.2 cm³/mol. The van der Waals surface area contributed by atoms with Crippen LogP contribution in [0.25, 0.3) is 0 Å². The summed E-state index contributed by atoms with van der Waals surface area (Å²) in [5.74, 6) is 0.151. The van der Waals surface area contributed by atoms with E-state index in [1.807, 2.05) is 18.2 Å². The van der Waals surface area contributed by atoms with Crippen LogP contribution in [-0.4, -0.2) is 26.8 Å². The highest BCUT2D eigenvalue weighted by Gasteiger charge is 2.20. The summed E-state index contributed by atoms with van der Waals surface area (Å²) < 4.78 is 27.7. The van der Waals surface area contributed by atoms with Crippen molar-refractivity contribution in [2.45, 2.75) is 25.3 Å². The lowest BCUT2D eigenvalue weighted by molar-refractivity contribution is 0.424.